The summed E-state index contributed by atoms with van der Waals surface area (Å²) in [6.07, 6.45) is 5.88. The lowest BCUT2D eigenvalue weighted by Gasteiger charge is -2.05. The van der Waals surface area contributed by atoms with Crippen molar-refractivity contribution in [1.82, 2.24) is 20.6 Å². The van der Waals surface area contributed by atoms with Crippen LogP contribution in [0.1, 0.15) is 36.2 Å². The van der Waals surface area contributed by atoms with E-state index in [1.165, 1.54) is 12.4 Å². The summed E-state index contributed by atoms with van der Waals surface area (Å²) in [7, 11) is 0. The molecule has 102 valence electrons. The summed E-state index contributed by atoms with van der Waals surface area (Å²) in [5, 5.41) is 5.74. The summed E-state index contributed by atoms with van der Waals surface area (Å²) in [5.41, 5.74) is 0.176. The molecule has 0 radical (unpaired) electrons. The molecule has 6 nitrogen and oxygen atoms in total. The Morgan fingerprint density at radius 1 is 1.37 bits per heavy atom. The number of hydrogen-bond acceptors (Lipinski definition) is 4. The lowest BCUT2D eigenvalue weighted by atomic mass is 10.3. The molecule has 1 heterocycles. The van der Waals surface area contributed by atoms with Gasteiger partial charge in [0.1, 0.15) is 10.8 Å². The molecule has 0 spiro atoms. The number of nitrogens with one attached hydrogen (secondary N) is 2. The predicted octanol–water partition coefficient (Wildman–Crippen LogP) is 0.919. The summed E-state index contributed by atoms with van der Waals surface area (Å²) in [6.45, 7) is 0.422. The molecule has 0 unspecified atom stereocenters. The number of rotatable bonds is 6. The number of carbonyl (C=O) groups excluding carboxylic acids is 2. The number of aromatic nitrogens is 2. The second-order valence-corrected chi connectivity index (χ2v) is 4.82. The van der Waals surface area contributed by atoms with E-state index in [0.29, 0.717) is 25.4 Å². The first-order valence-corrected chi connectivity index (χ1v) is 6.58. The van der Waals surface area contributed by atoms with Crippen molar-refractivity contribution in [2.24, 2.45) is 0 Å². The Morgan fingerprint density at radius 3 is 2.84 bits per heavy atom. The van der Waals surface area contributed by atoms with E-state index in [0.717, 1.165) is 12.8 Å². The predicted molar refractivity (Wildman–Crippen MR) is 69.8 cm³/mol. The normalized spacial score (nSPS) is 13.9. The van der Waals surface area contributed by atoms with Gasteiger partial charge in [0.15, 0.2) is 0 Å². The fourth-order valence-corrected chi connectivity index (χ4v) is 1.67. The maximum Gasteiger partial charge on any atom is 0.271 e. The van der Waals surface area contributed by atoms with E-state index in [9.17, 15) is 9.59 Å². The molecule has 1 saturated carbocycles. The van der Waals surface area contributed by atoms with E-state index < -0.39 is 0 Å². The van der Waals surface area contributed by atoms with Gasteiger partial charge in [0.05, 0.1) is 12.4 Å². The van der Waals surface area contributed by atoms with E-state index in [1.807, 2.05) is 0 Å². The zero-order valence-corrected chi connectivity index (χ0v) is 11.1. The molecule has 0 atom stereocenters. The van der Waals surface area contributed by atoms with Crippen LogP contribution >= 0.6 is 11.6 Å². The topological polar surface area (TPSA) is 84.0 Å². The Hall–Kier alpha value is -1.69. The van der Waals surface area contributed by atoms with Crippen LogP contribution in [-0.4, -0.2) is 34.4 Å². The minimum absolute atomic E-state index is 0.0410. The Morgan fingerprint density at radius 2 is 2.16 bits per heavy atom. The summed E-state index contributed by atoms with van der Waals surface area (Å²) in [4.78, 5) is 30.7. The number of hydrogen-bond donors (Lipinski definition) is 2. The maximum atomic E-state index is 11.7. The average Bonchev–Trinajstić information content (AvgIpc) is 3.18. The molecule has 0 aliphatic heterocycles. The van der Waals surface area contributed by atoms with Crippen LogP contribution in [0.2, 0.25) is 5.15 Å². The van der Waals surface area contributed by atoms with E-state index in [4.69, 9.17) is 11.6 Å². The van der Waals surface area contributed by atoms with Crippen LogP contribution in [0, 0.1) is 0 Å². The first-order valence-electron chi connectivity index (χ1n) is 6.20. The Balaban J connectivity index is 1.64. The number of halogens is 1. The molecule has 2 amide bonds. The van der Waals surface area contributed by atoms with Crippen molar-refractivity contribution in [2.45, 2.75) is 31.7 Å². The molecule has 0 aromatic carbocycles. The fraction of sp³-hybridized carbons (Fsp3) is 0.500. The van der Waals surface area contributed by atoms with Gasteiger partial charge in [0, 0.05) is 19.0 Å². The zero-order valence-electron chi connectivity index (χ0n) is 10.4. The van der Waals surface area contributed by atoms with Crippen molar-refractivity contribution in [3.8, 4) is 0 Å². The number of nitrogens with zero attached hydrogens (tertiary/aromatic N) is 2. The van der Waals surface area contributed by atoms with Gasteiger partial charge in [-0.25, -0.2) is 4.98 Å². The molecule has 1 aliphatic rings. The highest BCUT2D eigenvalue weighted by Crippen LogP contribution is 2.18. The van der Waals surface area contributed by atoms with Crippen molar-refractivity contribution in [1.29, 1.82) is 0 Å². The Kier molecular flexibility index (Phi) is 4.68. The molecule has 1 fully saturated rings. The van der Waals surface area contributed by atoms with Crippen LogP contribution in [0.5, 0.6) is 0 Å². The first-order chi connectivity index (χ1) is 9.15. The largest absolute Gasteiger partial charge is 0.353 e. The highest BCUT2D eigenvalue weighted by molar-refractivity contribution is 6.29. The molecular formula is C12H15ClN4O2. The molecule has 1 aromatic rings. The van der Waals surface area contributed by atoms with Crippen LogP contribution in [0.25, 0.3) is 0 Å². The van der Waals surface area contributed by atoms with Crippen LogP contribution in [0.3, 0.4) is 0 Å². The highest BCUT2D eigenvalue weighted by Gasteiger charge is 2.22. The van der Waals surface area contributed by atoms with Crippen LogP contribution < -0.4 is 10.6 Å². The van der Waals surface area contributed by atoms with Gasteiger partial charge in [-0.05, 0) is 19.3 Å². The molecule has 2 rings (SSSR count). The Labute approximate surface area is 116 Å². The molecule has 1 aromatic heterocycles. The smallest absolute Gasteiger partial charge is 0.271 e. The molecule has 2 N–H and O–H groups in total. The van der Waals surface area contributed by atoms with Crippen molar-refractivity contribution in [2.75, 3.05) is 6.54 Å². The van der Waals surface area contributed by atoms with Gasteiger partial charge in [0.2, 0.25) is 5.91 Å². The summed E-state index contributed by atoms with van der Waals surface area (Å²) in [5.74, 6) is -0.295. The zero-order chi connectivity index (χ0) is 13.7. The van der Waals surface area contributed by atoms with Crippen molar-refractivity contribution < 1.29 is 9.59 Å². The molecule has 7 heteroatoms. The third-order valence-corrected chi connectivity index (χ3v) is 2.83. The SMILES string of the molecule is O=C(CCCNC(=O)c1cncc(Cl)n1)NC1CC1. The summed E-state index contributed by atoms with van der Waals surface area (Å²) < 4.78 is 0. The van der Waals surface area contributed by atoms with Gasteiger partial charge in [-0.3, -0.25) is 14.6 Å². The van der Waals surface area contributed by atoms with Gasteiger partial charge >= 0.3 is 0 Å². The quantitative estimate of drug-likeness (QED) is 0.760. The minimum atomic E-state index is -0.336. The first kappa shape index (κ1) is 13.7. The van der Waals surface area contributed by atoms with Crippen LogP contribution in [-0.2, 0) is 4.79 Å². The van der Waals surface area contributed by atoms with E-state index in [2.05, 4.69) is 20.6 Å². The lowest BCUT2D eigenvalue weighted by Crippen LogP contribution is -2.28. The van der Waals surface area contributed by atoms with E-state index in [1.54, 1.807) is 0 Å². The summed E-state index contributed by atoms with van der Waals surface area (Å²) in [6, 6.07) is 0.379. The Bertz CT molecular complexity index is 477. The molecule has 0 bridgehead atoms. The molecule has 1 aliphatic carbocycles. The monoisotopic (exact) mass is 282 g/mol. The van der Waals surface area contributed by atoms with Crippen molar-refractivity contribution >= 4 is 23.4 Å². The van der Waals surface area contributed by atoms with Crippen LogP contribution in [0.15, 0.2) is 12.4 Å². The van der Waals surface area contributed by atoms with Gasteiger partial charge in [-0.15, -0.1) is 0 Å². The third kappa shape index (κ3) is 4.82. The molecule has 19 heavy (non-hydrogen) atoms. The number of amides is 2. The maximum absolute atomic E-state index is 11.7. The second kappa shape index (κ2) is 6.47. The van der Waals surface area contributed by atoms with Gasteiger partial charge in [-0.2, -0.15) is 0 Å². The highest BCUT2D eigenvalue weighted by atomic mass is 35.5. The van der Waals surface area contributed by atoms with Gasteiger partial charge in [0.25, 0.3) is 5.91 Å². The van der Waals surface area contributed by atoms with Gasteiger partial charge in [-0.1, -0.05) is 11.6 Å². The van der Waals surface area contributed by atoms with Gasteiger partial charge < -0.3 is 10.6 Å². The summed E-state index contributed by atoms with van der Waals surface area (Å²) >= 11 is 5.64. The van der Waals surface area contributed by atoms with Crippen LogP contribution in [0.4, 0.5) is 0 Å². The average molecular weight is 283 g/mol. The molecular weight excluding hydrogens is 268 g/mol. The molecule has 0 saturated heterocycles. The van der Waals surface area contributed by atoms with E-state index in [-0.39, 0.29) is 22.7 Å². The standard InChI is InChI=1S/C12H15ClN4O2/c13-10-7-14-6-9(17-10)12(19)15-5-1-2-11(18)16-8-3-4-8/h6-8H,1-5H2,(H,15,19)(H,16,18). The van der Waals surface area contributed by atoms with Crippen molar-refractivity contribution in [3.05, 3.63) is 23.2 Å². The van der Waals surface area contributed by atoms with E-state index >= 15 is 0 Å². The third-order valence-electron chi connectivity index (χ3n) is 2.65. The minimum Gasteiger partial charge on any atom is -0.353 e. The lowest BCUT2D eigenvalue weighted by molar-refractivity contribution is -0.121. The second-order valence-electron chi connectivity index (χ2n) is 4.43. The number of carbonyl (C=O) groups is 2. The van der Waals surface area contributed by atoms with Crippen molar-refractivity contribution in [3.63, 3.8) is 0 Å². The fourth-order valence-electron chi connectivity index (χ4n) is 1.52.